The Bertz CT molecular complexity index is 699. The number of hydrogen-bond donors (Lipinski definition) is 1. The van der Waals surface area contributed by atoms with Crippen LogP contribution in [0, 0.1) is 11.6 Å². The molecule has 6 heteroatoms. The molecule has 0 amide bonds. The number of sulfonamides is 1. The molecule has 0 spiro atoms. The summed E-state index contributed by atoms with van der Waals surface area (Å²) < 4.78 is 52.5. The Morgan fingerprint density at radius 1 is 1.00 bits per heavy atom. The van der Waals surface area contributed by atoms with Crippen LogP contribution in [0.5, 0.6) is 0 Å². The highest BCUT2D eigenvalue weighted by Gasteiger charge is 2.18. The standard InChI is InChI=1S/C14H13F2NO2S/c1-10(11-3-2-4-13(16)9-11)17-20(18,19)14-7-5-12(15)6-8-14/h2-10,17H,1H3. The third kappa shape index (κ3) is 3.40. The van der Waals surface area contributed by atoms with Crippen molar-refractivity contribution in [2.75, 3.05) is 0 Å². The fourth-order valence-corrected chi connectivity index (χ4v) is 2.99. The second-order valence-electron chi connectivity index (χ2n) is 4.35. The SMILES string of the molecule is CC(NS(=O)(=O)c1ccc(F)cc1)c1cccc(F)c1. The van der Waals surface area contributed by atoms with Crippen LogP contribution < -0.4 is 4.72 Å². The minimum atomic E-state index is -3.78. The van der Waals surface area contributed by atoms with Gasteiger partial charge >= 0.3 is 0 Å². The minimum absolute atomic E-state index is 0.0397. The Kier molecular flexibility index (Phi) is 4.15. The van der Waals surface area contributed by atoms with Gasteiger partial charge in [0.25, 0.3) is 0 Å². The van der Waals surface area contributed by atoms with E-state index in [9.17, 15) is 17.2 Å². The van der Waals surface area contributed by atoms with Crippen LogP contribution in [0.1, 0.15) is 18.5 Å². The van der Waals surface area contributed by atoms with Crippen molar-refractivity contribution >= 4 is 10.0 Å². The fraction of sp³-hybridized carbons (Fsp3) is 0.143. The van der Waals surface area contributed by atoms with Crippen LogP contribution in [0.2, 0.25) is 0 Å². The van der Waals surface area contributed by atoms with Crippen LogP contribution in [0.3, 0.4) is 0 Å². The first-order chi connectivity index (χ1) is 9.38. The van der Waals surface area contributed by atoms with Crippen LogP contribution in [-0.2, 0) is 10.0 Å². The zero-order valence-electron chi connectivity index (χ0n) is 10.7. The Morgan fingerprint density at radius 3 is 2.25 bits per heavy atom. The third-order valence-corrected chi connectivity index (χ3v) is 4.36. The molecule has 1 N–H and O–H groups in total. The number of nitrogens with one attached hydrogen (secondary N) is 1. The maximum Gasteiger partial charge on any atom is 0.241 e. The Labute approximate surface area is 116 Å². The molecule has 0 heterocycles. The van der Waals surface area contributed by atoms with Gasteiger partial charge in [0.2, 0.25) is 10.0 Å². The average Bonchev–Trinajstić information content (AvgIpc) is 2.38. The largest absolute Gasteiger partial charge is 0.241 e. The van der Waals surface area contributed by atoms with Crippen molar-refractivity contribution in [2.24, 2.45) is 0 Å². The first-order valence-electron chi connectivity index (χ1n) is 5.92. The Morgan fingerprint density at radius 2 is 1.65 bits per heavy atom. The summed E-state index contributed by atoms with van der Waals surface area (Å²) in [5, 5.41) is 0. The van der Waals surface area contributed by atoms with Crippen molar-refractivity contribution in [3.63, 3.8) is 0 Å². The van der Waals surface area contributed by atoms with E-state index in [2.05, 4.69) is 4.72 Å². The molecule has 2 aromatic carbocycles. The van der Waals surface area contributed by atoms with E-state index in [0.717, 1.165) is 12.1 Å². The lowest BCUT2D eigenvalue weighted by atomic mass is 10.1. The van der Waals surface area contributed by atoms with E-state index >= 15 is 0 Å². The molecule has 0 saturated carbocycles. The molecule has 1 unspecified atom stereocenters. The molecule has 0 aliphatic rings. The summed E-state index contributed by atoms with van der Waals surface area (Å²) in [6.07, 6.45) is 0. The molecule has 1 atom stereocenters. The van der Waals surface area contributed by atoms with Crippen molar-refractivity contribution in [1.29, 1.82) is 0 Å². The molecule has 0 aliphatic heterocycles. The van der Waals surface area contributed by atoms with Gasteiger partial charge in [-0.05, 0) is 48.9 Å². The van der Waals surface area contributed by atoms with Gasteiger partial charge < -0.3 is 0 Å². The second-order valence-corrected chi connectivity index (χ2v) is 6.07. The molecule has 0 saturated heterocycles. The van der Waals surface area contributed by atoms with E-state index in [1.807, 2.05) is 0 Å². The monoisotopic (exact) mass is 297 g/mol. The van der Waals surface area contributed by atoms with Gasteiger partial charge in [-0.25, -0.2) is 21.9 Å². The maximum atomic E-state index is 13.1. The van der Waals surface area contributed by atoms with Crippen LogP contribution in [-0.4, -0.2) is 8.42 Å². The Balaban J connectivity index is 2.22. The van der Waals surface area contributed by atoms with Crippen LogP contribution in [0.25, 0.3) is 0 Å². The van der Waals surface area contributed by atoms with Crippen LogP contribution in [0.15, 0.2) is 53.4 Å². The molecule has 0 aliphatic carbocycles. The van der Waals surface area contributed by atoms with Gasteiger partial charge in [0.1, 0.15) is 11.6 Å². The summed E-state index contributed by atoms with van der Waals surface area (Å²) in [4.78, 5) is -0.0397. The van der Waals surface area contributed by atoms with Crippen molar-refractivity contribution in [3.05, 3.63) is 65.7 Å². The minimum Gasteiger partial charge on any atom is -0.207 e. The number of benzene rings is 2. The summed E-state index contributed by atoms with van der Waals surface area (Å²) >= 11 is 0. The zero-order chi connectivity index (χ0) is 14.8. The summed E-state index contributed by atoms with van der Waals surface area (Å²) in [6.45, 7) is 1.61. The quantitative estimate of drug-likeness (QED) is 0.943. The van der Waals surface area contributed by atoms with Crippen molar-refractivity contribution in [1.82, 2.24) is 4.72 Å². The van der Waals surface area contributed by atoms with Crippen molar-refractivity contribution in [2.45, 2.75) is 17.9 Å². The third-order valence-electron chi connectivity index (χ3n) is 2.80. The number of rotatable bonds is 4. The van der Waals surface area contributed by atoms with Crippen molar-refractivity contribution < 1.29 is 17.2 Å². The highest BCUT2D eigenvalue weighted by molar-refractivity contribution is 7.89. The van der Waals surface area contributed by atoms with Gasteiger partial charge in [-0.1, -0.05) is 12.1 Å². The lowest BCUT2D eigenvalue weighted by molar-refractivity contribution is 0.564. The number of halogens is 2. The van der Waals surface area contributed by atoms with E-state index in [0.29, 0.717) is 5.56 Å². The molecule has 20 heavy (non-hydrogen) atoms. The summed E-state index contributed by atoms with van der Waals surface area (Å²) in [5.41, 5.74) is 0.510. The van der Waals surface area contributed by atoms with Gasteiger partial charge in [-0.15, -0.1) is 0 Å². The molecule has 0 fully saturated rings. The molecule has 0 bridgehead atoms. The summed E-state index contributed by atoms with van der Waals surface area (Å²) in [5.74, 6) is -0.947. The van der Waals surface area contributed by atoms with Gasteiger partial charge in [0, 0.05) is 6.04 Å². The molecule has 0 aromatic heterocycles. The zero-order valence-corrected chi connectivity index (χ0v) is 11.5. The van der Waals surface area contributed by atoms with Gasteiger partial charge in [-0.2, -0.15) is 0 Å². The summed E-state index contributed by atoms with van der Waals surface area (Å²) in [7, 11) is -3.78. The molecule has 2 rings (SSSR count). The molecule has 2 aromatic rings. The highest BCUT2D eigenvalue weighted by Crippen LogP contribution is 2.17. The predicted octanol–water partition coefficient (Wildman–Crippen LogP) is 3.00. The fourth-order valence-electron chi connectivity index (χ4n) is 1.76. The molecular weight excluding hydrogens is 284 g/mol. The topological polar surface area (TPSA) is 46.2 Å². The molecule has 3 nitrogen and oxygen atoms in total. The smallest absolute Gasteiger partial charge is 0.207 e. The van der Waals surface area contributed by atoms with E-state index in [1.54, 1.807) is 13.0 Å². The lowest BCUT2D eigenvalue weighted by Crippen LogP contribution is -2.26. The van der Waals surface area contributed by atoms with Gasteiger partial charge in [-0.3, -0.25) is 0 Å². The molecule has 0 radical (unpaired) electrons. The first kappa shape index (κ1) is 14.6. The predicted molar refractivity (Wildman–Crippen MR) is 71.5 cm³/mol. The first-order valence-corrected chi connectivity index (χ1v) is 7.40. The average molecular weight is 297 g/mol. The second kappa shape index (κ2) is 5.68. The highest BCUT2D eigenvalue weighted by atomic mass is 32.2. The van der Waals surface area contributed by atoms with Gasteiger partial charge in [0.15, 0.2) is 0 Å². The van der Waals surface area contributed by atoms with E-state index in [1.165, 1.54) is 30.3 Å². The Hall–Kier alpha value is -1.79. The maximum absolute atomic E-state index is 13.1. The number of hydrogen-bond acceptors (Lipinski definition) is 2. The normalized spacial score (nSPS) is 13.2. The van der Waals surface area contributed by atoms with Crippen molar-refractivity contribution in [3.8, 4) is 0 Å². The van der Waals surface area contributed by atoms with Crippen LogP contribution in [0.4, 0.5) is 8.78 Å². The van der Waals surface area contributed by atoms with Gasteiger partial charge in [0.05, 0.1) is 4.90 Å². The summed E-state index contributed by atoms with van der Waals surface area (Å²) in [6, 6.07) is 9.58. The van der Waals surface area contributed by atoms with Crippen LogP contribution >= 0.6 is 0 Å². The van der Waals surface area contributed by atoms with E-state index < -0.39 is 27.7 Å². The van der Waals surface area contributed by atoms with E-state index in [-0.39, 0.29) is 4.90 Å². The molecule has 106 valence electrons. The molecular formula is C14H13F2NO2S. The lowest BCUT2D eigenvalue weighted by Gasteiger charge is -2.14. The van der Waals surface area contributed by atoms with E-state index in [4.69, 9.17) is 0 Å².